The van der Waals surface area contributed by atoms with Crippen LogP contribution in [0.15, 0.2) is 47.6 Å². The number of benzene rings is 2. The van der Waals surface area contributed by atoms with E-state index in [0.29, 0.717) is 11.4 Å². The first-order valence-electron chi connectivity index (χ1n) is 10.0. The number of nitrogens with zero attached hydrogens (tertiary/aromatic N) is 3. The van der Waals surface area contributed by atoms with E-state index in [-0.39, 0.29) is 17.9 Å². The highest BCUT2D eigenvalue weighted by molar-refractivity contribution is 6.31. The van der Waals surface area contributed by atoms with E-state index in [1.165, 1.54) is 10.6 Å². The number of ether oxygens (including phenoxy) is 1. The molecule has 0 fully saturated rings. The van der Waals surface area contributed by atoms with Crippen molar-refractivity contribution in [3.63, 3.8) is 0 Å². The first-order chi connectivity index (χ1) is 13.9. The van der Waals surface area contributed by atoms with E-state index < -0.39 is 0 Å². The minimum atomic E-state index is 0.0267. The summed E-state index contributed by atoms with van der Waals surface area (Å²) in [6.45, 7) is 2.88. The van der Waals surface area contributed by atoms with Crippen LogP contribution in [-0.2, 0) is 11.2 Å². The van der Waals surface area contributed by atoms with Gasteiger partial charge in [0.1, 0.15) is 11.9 Å². The lowest BCUT2D eigenvalue weighted by Gasteiger charge is -2.33. The lowest BCUT2D eigenvalue weighted by molar-refractivity contribution is -0.119. The van der Waals surface area contributed by atoms with Gasteiger partial charge in [-0.15, -0.1) is 0 Å². The smallest absolute Gasteiger partial charge is 0.248 e. The average molecular weight is 412 g/mol. The summed E-state index contributed by atoms with van der Waals surface area (Å²) in [5, 5.41) is 6.98. The fraction of sp³-hybridized carbons (Fsp3) is 0.391. The number of carbonyl (C=O) groups excluding carboxylic acids is 1. The molecule has 0 radical (unpaired) electrons. The lowest BCUT2D eigenvalue weighted by atomic mass is 9.79. The molecule has 0 aromatic heterocycles. The van der Waals surface area contributed by atoms with Crippen LogP contribution < -0.4 is 9.75 Å². The van der Waals surface area contributed by atoms with Gasteiger partial charge in [0.2, 0.25) is 5.91 Å². The van der Waals surface area contributed by atoms with Crippen LogP contribution in [0.1, 0.15) is 30.9 Å². The largest absolute Gasteiger partial charge is 0.489 e. The fourth-order valence-corrected chi connectivity index (χ4v) is 4.31. The molecule has 2 aliphatic rings. The maximum Gasteiger partial charge on any atom is 0.248 e. The van der Waals surface area contributed by atoms with Crippen molar-refractivity contribution in [3.8, 4) is 5.75 Å². The highest BCUT2D eigenvalue weighted by Crippen LogP contribution is 2.35. The normalized spacial score (nSPS) is 19.5. The van der Waals surface area contributed by atoms with Gasteiger partial charge >= 0.3 is 0 Å². The van der Waals surface area contributed by atoms with Crippen LogP contribution in [-0.4, -0.2) is 43.3 Å². The van der Waals surface area contributed by atoms with Crippen LogP contribution in [0.4, 0.5) is 5.69 Å². The van der Waals surface area contributed by atoms with Gasteiger partial charge in [0.15, 0.2) is 0 Å². The zero-order chi connectivity index (χ0) is 20.5. The van der Waals surface area contributed by atoms with Gasteiger partial charge in [-0.1, -0.05) is 17.7 Å². The predicted octanol–water partition coefficient (Wildman–Crippen LogP) is 4.37. The first-order valence-corrected chi connectivity index (χ1v) is 10.4. The topological polar surface area (TPSA) is 45.1 Å². The van der Waals surface area contributed by atoms with Crippen molar-refractivity contribution in [3.05, 3.63) is 58.6 Å². The Kier molecular flexibility index (Phi) is 5.61. The van der Waals surface area contributed by atoms with Gasteiger partial charge < -0.3 is 9.64 Å². The Labute approximate surface area is 176 Å². The van der Waals surface area contributed by atoms with E-state index in [4.69, 9.17) is 21.4 Å². The molecule has 1 heterocycles. The molecule has 0 bridgehead atoms. The van der Waals surface area contributed by atoms with Crippen molar-refractivity contribution in [1.82, 2.24) is 4.90 Å². The molecule has 4 rings (SSSR count). The standard InChI is InChI=1S/C23H26ClN3O2/c1-15(14-26(2)3)29-20-10-8-19(9-11-20)27-22(28)12-17-5-4-16-6-7-18(24)13-21(16)23(17)25-27/h6-11,13,15,17H,4-5,12,14H2,1-3H3. The Bertz CT molecular complexity index is 940. The summed E-state index contributed by atoms with van der Waals surface area (Å²) in [6.07, 6.45) is 2.46. The van der Waals surface area contributed by atoms with Gasteiger partial charge in [-0.3, -0.25) is 4.79 Å². The van der Waals surface area contributed by atoms with E-state index >= 15 is 0 Å². The van der Waals surface area contributed by atoms with Gasteiger partial charge in [-0.05, 0) is 75.8 Å². The number of halogens is 1. The van der Waals surface area contributed by atoms with Crippen LogP contribution in [0.3, 0.4) is 0 Å². The summed E-state index contributed by atoms with van der Waals surface area (Å²) in [5.74, 6) is 0.978. The minimum Gasteiger partial charge on any atom is -0.489 e. The number of aryl methyl sites for hydroxylation is 1. The molecule has 152 valence electrons. The van der Waals surface area contributed by atoms with Gasteiger partial charge in [0, 0.05) is 29.5 Å². The summed E-state index contributed by atoms with van der Waals surface area (Å²) in [4.78, 5) is 14.9. The van der Waals surface area contributed by atoms with Gasteiger partial charge in [0.25, 0.3) is 0 Å². The SMILES string of the molecule is CC(CN(C)C)Oc1ccc(N2N=C3c4cc(Cl)ccc4CCC3CC2=O)cc1. The molecule has 0 N–H and O–H groups in total. The number of anilines is 1. The maximum absolute atomic E-state index is 12.8. The quantitative estimate of drug-likeness (QED) is 0.733. The highest BCUT2D eigenvalue weighted by Gasteiger charge is 2.34. The lowest BCUT2D eigenvalue weighted by Crippen LogP contribution is -2.39. The number of rotatable bonds is 5. The molecule has 5 nitrogen and oxygen atoms in total. The summed E-state index contributed by atoms with van der Waals surface area (Å²) < 4.78 is 5.94. The monoisotopic (exact) mass is 411 g/mol. The Morgan fingerprint density at radius 2 is 2.00 bits per heavy atom. The Morgan fingerprint density at radius 1 is 1.24 bits per heavy atom. The van der Waals surface area contributed by atoms with Crippen molar-refractivity contribution >= 4 is 28.9 Å². The average Bonchev–Trinajstić information content (AvgIpc) is 2.67. The zero-order valence-corrected chi connectivity index (χ0v) is 17.8. The number of likely N-dealkylation sites (N-methyl/N-ethyl adjacent to an activating group) is 1. The van der Waals surface area contributed by atoms with Crippen molar-refractivity contribution in [2.75, 3.05) is 25.6 Å². The van der Waals surface area contributed by atoms with Gasteiger partial charge in [-0.25, -0.2) is 5.01 Å². The second-order valence-corrected chi connectivity index (χ2v) is 8.55. The van der Waals surface area contributed by atoms with E-state index in [1.807, 2.05) is 57.4 Å². The zero-order valence-electron chi connectivity index (χ0n) is 17.1. The molecule has 29 heavy (non-hydrogen) atoms. The van der Waals surface area contributed by atoms with Crippen molar-refractivity contribution < 1.29 is 9.53 Å². The summed E-state index contributed by atoms with van der Waals surface area (Å²) in [6, 6.07) is 13.5. The summed E-state index contributed by atoms with van der Waals surface area (Å²) in [7, 11) is 4.04. The second kappa shape index (κ2) is 8.17. The van der Waals surface area contributed by atoms with Crippen molar-refractivity contribution in [1.29, 1.82) is 0 Å². The van der Waals surface area contributed by atoms with Crippen LogP contribution in [0.2, 0.25) is 5.02 Å². The third-order valence-corrected chi connectivity index (χ3v) is 5.64. The molecule has 0 spiro atoms. The molecular formula is C23H26ClN3O2. The molecule has 2 unspecified atom stereocenters. The van der Waals surface area contributed by atoms with Gasteiger partial charge in [-0.2, -0.15) is 5.10 Å². The van der Waals surface area contributed by atoms with Crippen LogP contribution in [0.25, 0.3) is 0 Å². The first kappa shape index (κ1) is 19.9. The molecule has 2 atom stereocenters. The Hall–Kier alpha value is -2.37. The fourth-order valence-electron chi connectivity index (χ4n) is 4.14. The number of amides is 1. The van der Waals surface area contributed by atoms with E-state index in [9.17, 15) is 4.79 Å². The van der Waals surface area contributed by atoms with E-state index in [2.05, 4.69) is 11.0 Å². The predicted molar refractivity (Wildman–Crippen MR) is 117 cm³/mol. The molecule has 2 aromatic rings. The second-order valence-electron chi connectivity index (χ2n) is 8.12. The molecule has 2 aromatic carbocycles. The third-order valence-electron chi connectivity index (χ3n) is 5.40. The minimum absolute atomic E-state index is 0.0267. The van der Waals surface area contributed by atoms with Crippen molar-refractivity contribution in [2.45, 2.75) is 32.3 Å². The van der Waals surface area contributed by atoms with E-state index in [0.717, 1.165) is 42.1 Å². The number of carbonyl (C=O) groups is 1. The summed E-state index contributed by atoms with van der Waals surface area (Å²) >= 11 is 6.23. The molecule has 1 amide bonds. The van der Waals surface area contributed by atoms with Gasteiger partial charge in [0.05, 0.1) is 11.4 Å². The van der Waals surface area contributed by atoms with Crippen LogP contribution >= 0.6 is 11.6 Å². The van der Waals surface area contributed by atoms with Crippen LogP contribution in [0, 0.1) is 5.92 Å². The van der Waals surface area contributed by atoms with E-state index in [1.54, 1.807) is 0 Å². The molecule has 0 saturated carbocycles. The number of fused-ring (bicyclic) bond motifs is 3. The van der Waals surface area contributed by atoms with Crippen molar-refractivity contribution in [2.24, 2.45) is 11.0 Å². The highest BCUT2D eigenvalue weighted by atomic mass is 35.5. The Balaban J connectivity index is 1.59. The molecule has 6 heteroatoms. The number of hydrogen-bond acceptors (Lipinski definition) is 4. The molecular weight excluding hydrogens is 386 g/mol. The van der Waals surface area contributed by atoms with Crippen LogP contribution in [0.5, 0.6) is 5.75 Å². The Morgan fingerprint density at radius 3 is 2.72 bits per heavy atom. The third kappa shape index (κ3) is 4.31. The molecule has 1 aliphatic carbocycles. The number of hydrogen-bond donors (Lipinski definition) is 0. The number of hydrazone groups is 1. The maximum atomic E-state index is 12.8. The molecule has 1 aliphatic heterocycles. The molecule has 0 saturated heterocycles. The summed E-state index contributed by atoms with van der Waals surface area (Å²) in [5.41, 5.74) is 4.04.